The minimum Gasteiger partial charge on any atom is -0.371 e. The number of nitrogens with zero attached hydrogens (tertiary/aromatic N) is 1. The van der Waals surface area contributed by atoms with Gasteiger partial charge in [0, 0.05) is 29.0 Å². The molecule has 82 valence electrons. The van der Waals surface area contributed by atoms with E-state index in [0.717, 1.165) is 36.5 Å². The van der Waals surface area contributed by atoms with E-state index < -0.39 is 0 Å². The van der Waals surface area contributed by atoms with Crippen molar-refractivity contribution < 1.29 is 0 Å². The third kappa shape index (κ3) is 2.61. The van der Waals surface area contributed by atoms with Crippen LogP contribution in [-0.2, 0) is 0 Å². The highest BCUT2D eigenvalue weighted by Gasteiger charge is 2.16. The standard InChI is InChI=1S/C12H16ClNS/c1-9-2-3-10(8-12(9)13)14-6-4-11(15)5-7-14/h2-3,8,11,15H,4-7H2,1H3. The zero-order chi connectivity index (χ0) is 10.8. The van der Waals surface area contributed by atoms with Crippen LogP contribution in [0.4, 0.5) is 5.69 Å². The highest BCUT2D eigenvalue weighted by atomic mass is 35.5. The van der Waals surface area contributed by atoms with Gasteiger partial charge in [-0.25, -0.2) is 0 Å². The van der Waals surface area contributed by atoms with Gasteiger partial charge in [0.25, 0.3) is 0 Å². The van der Waals surface area contributed by atoms with E-state index >= 15 is 0 Å². The number of thiol groups is 1. The van der Waals surface area contributed by atoms with Crippen molar-refractivity contribution in [3.05, 3.63) is 28.8 Å². The molecule has 0 amide bonds. The lowest BCUT2D eigenvalue weighted by molar-refractivity contribution is 0.593. The number of hydrogen-bond donors (Lipinski definition) is 1. The zero-order valence-electron chi connectivity index (χ0n) is 8.91. The normalized spacial score (nSPS) is 18.2. The fraction of sp³-hybridized carbons (Fsp3) is 0.500. The van der Waals surface area contributed by atoms with E-state index in [1.165, 1.54) is 5.69 Å². The van der Waals surface area contributed by atoms with Gasteiger partial charge in [0.2, 0.25) is 0 Å². The number of benzene rings is 1. The Morgan fingerprint density at radius 2 is 2.00 bits per heavy atom. The monoisotopic (exact) mass is 241 g/mol. The molecule has 0 spiro atoms. The number of halogens is 1. The molecule has 1 aliphatic heterocycles. The van der Waals surface area contributed by atoms with Gasteiger partial charge in [-0.3, -0.25) is 0 Å². The molecule has 1 aliphatic rings. The largest absolute Gasteiger partial charge is 0.371 e. The van der Waals surface area contributed by atoms with Gasteiger partial charge < -0.3 is 4.90 Å². The first-order valence-electron chi connectivity index (χ1n) is 5.36. The van der Waals surface area contributed by atoms with Crippen LogP contribution >= 0.6 is 24.2 Å². The number of piperidine rings is 1. The Morgan fingerprint density at radius 3 is 2.60 bits per heavy atom. The summed E-state index contributed by atoms with van der Waals surface area (Å²) in [4.78, 5) is 2.39. The number of rotatable bonds is 1. The molecule has 0 unspecified atom stereocenters. The smallest absolute Gasteiger partial charge is 0.0455 e. The molecule has 1 saturated heterocycles. The summed E-state index contributed by atoms with van der Waals surface area (Å²) < 4.78 is 0. The van der Waals surface area contributed by atoms with E-state index in [-0.39, 0.29) is 0 Å². The molecule has 0 N–H and O–H groups in total. The van der Waals surface area contributed by atoms with E-state index in [9.17, 15) is 0 Å². The van der Waals surface area contributed by atoms with E-state index in [4.69, 9.17) is 11.6 Å². The van der Waals surface area contributed by atoms with E-state index in [2.05, 4.69) is 35.7 Å². The van der Waals surface area contributed by atoms with Crippen LogP contribution < -0.4 is 4.90 Å². The Hall–Kier alpha value is -0.340. The van der Waals surface area contributed by atoms with Crippen molar-refractivity contribution in [3.8, 4) is 0 Å². The van der Waals surface area contributed by atoms with Crippen molar-refractivity contribution in [3.63, 3.8) is 0 Å². The summed E-state index contributed by atoms with van der Waals surface area (Å²) in [6.07, 6.45) is 2.32. The van der Waals surface area contributed by atoms with Gasteiger partial charge in [0.15, 0.2) is 0 Å². The molecule has 15 heavy (non-hydrogen) atoms. The van der Waals surface area contributed by atoms with Crippen LogP contribution in [0, 0.1) is 6.92 Å². The van der Waals surface area contributed by atoms with Crippen molar-refractivity contribution in [1.29, 1.82) is 0 Å². The second-order valence-corrected chi connectivity index (χ2v) is 5.29. The van der Waals surface area contributed by atoms with Gasteiger partial charge in [0.1, 0.15) is 0 Å². The lowest BCUT2D eigenvalue weighted by Crippen LogP contribution is -2.33. The Morgan fingerprint density at radius 1 is 1.33 bits per heavy atom. The predicted molar refractivity (Wildman–Crippen MR) is 70.4 cm³/mol. The molecule has 1 nitrogen and oxygen atoms in total. The van der Waals surface area contributed by atoms with Crippen molar-refractivity contribution >= 4 is 29.9 Å². The molecule has 2 rings (SSSR count). The summed E-state index contributed by atoms with van der Waals surface area (Å²) in [7, 11) is 0. The maximum absolute atomic E-state index is 6.12. The summed E-state index contributed by atoms with van der Waals surface area (Å²) in [5.74, 6) is 0. The molecule has 0 saturated carbocycles. The first kappa shape index (κ1) is 11.2. The minimum atomic E-state index is 0.571. The van der Waals surface area contributed by atoms with Crippen molar-refractivity contribution in [1.82, 2.24) is 0 Å². The molecule has 1 heterocycles. The fourth-order valence-electron chi connectivity index (χ4n) is 1.90. The highest BCUT2D eigenvalue weighted by Crippen LogP contribution is 2.26. The quantitative estimate of drug-likeness (QED) is 0.736. The van der Waals surface area contributed by atoms with Crippen LogP contribution in [0.5, 0.6) is 0 Å². The molecule has 0 aromatic heterocycles. The van der Waals surface area contributed by atoms with Gasteiger partial charge in [0.05, 0.1) is 0 Å². The molecule has 1 aromatic carbocycles. The molecule has 3 heteroatoms. The summed E-state index contributed by atoms with van der Waals surface area (Å²) >= 11 is 10.6. The number of hydrogen-bond acceptors (Lipinski definition) is 2. The molecule has 1 fully saturated rings. The van der Waals surface area contributed by atoms with Crippen LogP contribution in [-0.4, -0.2) is 18.3 Å². The summed E-state index contributed by atoms with van der Waals surface area (Å²) in [6.45, 7) is 4.22. The lowest BCUT2D eigenvalue weighted by atomic mass is 10.1. The van der Waals surface area contributed by atoms with Crippen molar-refractivity contribution in [2.24, 2.45) is 0 Å². The molecule has 0 bridgehead atoms. The summed E-state index contributed by atoms with van der Waals surface area (Å²) in [6, 6.07) is 6.31. The van der Waals surface area contributed by atoms with Crippen LogP contribution in [0.15, 0.2) is 18.2 Å². The number of aryl methyl sites for hydroxylation is 1. The molecule has 0 atom stereocenters. The van der Waals surface area contributed by atoms with Crippen molar-refractivity contribution in [2.75, 3.05) is 18.0 Å². The lowest BCUT2D eigenvalue weighted by Gasteiger charge is -2.31. The third-order valence-electron chi connectivity index (χ3n) is 2.99. The first-order valence-corrected chi connectivity index (χ1v) is 6.25. The number of anilines is 1. The highest BCUT2D eigenvalue weighted by molar-refractivity contribution is 7.80. The SMILES string of the molecule is Cc1ccc(N2CCC(S)CC2)cc1Cl. The Bertz CT molecular complexity index is 345. The predicted octanol–water partition coefficient (Wildman–Crippen LogP) is 3.55. The van der Waals surface area contributed by atoms with Crippen LogP contribution in [0.25, 0.3) is 0 Å². The molecule has 1 aromatic rings. The van der Waals surface area contributed by atoms with E-state index in [1.54, 1.807) is 0 Å². The Kier molecular flexibility index (Phi) is 3.47. The van der Waals surface area contributed by atoms with Gasteiger partial charge in [-0.15, -0.1) is 0 Å². The Balaban J connectivity index is 2.12. The van der Waals surface area contributed by atoms with Crippen LogP contribution in [0.1, 0.15) is 18.4 Å². The van der Waals surface area contributed by atoms with E-state index in [0.29, 0.717) is 5.25 Å². The maximum atomic E-state index is 6.12. The first-order chi connectivity index (χ1) is 7.16. The van der Waals surface area contributed by atoms with Crippen molar-refractivity contribution in [2.45, 2.75) is 25.0 Å². The molecule has 0 radical (unpaired) electrons. The maximum Gasteiger partial charge on any atom is 0.0455 e. The second kappa shape index (κ2) is 4.67. The summed E-state index contributed by atoms with van der Waals surface area (Å²) in [5.41, 5.74) is 2.38. The molecular weight excluding hydrogens is 226 g/mol. The van der Waals surface area contributed by atoms with Gasteiger partial charge in [-0.05, 0) is 37.5 Å². The molecule has 0 aliphatic carbocycles. The topological polar surface area (TPSA) is 3.24 Å². The average Bonchev–Trinajstić information content (AvgIpc) is 2.23. The third-order valence-corrected chi connectivity index (χ3v) is 3.91. The van der Waals surface area contributed by atoms with E-state index in [1.807, 2.05) is 6.92 Å². The van der Waals surface area contributed by atoms with Gasteiger partial charge in [-0.1, -0.05) is 17.7 Å². The Labute approximate surface area is 102 Å². The van der Waals surface area contributed by atoms with Crippen LogP contribution in [0.2, 0.25) is 5.02 Å². The fourth-order valence-corrected chi connectivity index (χ4v) is 2.31. The van der Waals surface area contributed by atoms with Gasteiger partial charge >= 0.3 is 0 Å². The summed E-state index contributed by atoms with van der Waals surface area (Å²) in [5, 5.41) is 1.43. The van der Waals surface area contributed by atoms with Crippen LogP contribution in [0.3, 0.4) is 0 Å². The second-order valence-electron chi connectivity index (χ2n) is 4.15. The van der Waals surface area contributed by atoms with Gasteiger partial charge in [-0.2, -0.15) is 12.6 Å². The average molecular weight is 242 g/mol. The minimum absolute atomic E-state index is 0.571. The molecular formula is C12H16ClNS. The zero-order valence-corrected chi connectivity index (χ0v) is 10.6.